The van der Waals surface area contributed by atoms with Gasteiger partial charge in [0.05, 0.1) is 0 Å². The van der Waals surface area contributed by atoms with E-state index < -0.39 is 0 Å². The predicted molar refractivity (Wildman–Crippen MR) is 43.5 cm³/mol. The van der Waals surface area contributed by atoms with E-state index in [0.29, 0.717) is 5.69 Å². The first-order valence-corrected chi connectivity index (χ1v) is 3.25. The third kappa shape index (κ3) is 3.47. The first-order valence-electron chi connectivity index (χ1n) is 3.25. The zero-order valence-electron chi connectivity index (χ0n) is 8.16. The molecular formula is C8H10LiNO2. The maximum absolute atomic E-state index is 10.5. The van der Waals surface area contributed by atoms with Crippen LogP contribution in [0.15, 0.2) is 24.3 Å². The van der Waals surface area contributed by atoms with Crippen LogP contribution in [0.25, 0.3) is 0 Å². The molecule has 3 nitrogen and oxygen atoms in total. The van der Waals surface area contributed by atoms with E-state index in [0.717, 1.165) is 0 Å². The molecule has 60 valence electrons. The molecule has 1 aromatic rings. The molecule has 0 saturated heterocycles. The maximum atomic E-state index is 10.5. The van der Waals surface area contributed by atoms with E-state index in [2.05, 4.69) is 5.32 Å². The second-order valence-corrected chi connectivity index (χ2v) is 2.23. The van der Waals surface area contributed by atoms with Crippen molar-refractivity contribution in [1.29, 1.82) is 0 Å². The maximum Gasteiger partial charge on any atom is 1.00 e. The van der Waals surface area contributed by atoms with Gasteiger partial charge in [0.15, 0.2) is 0 Å². The van der Waals surface area contributed by atoms with Crippen LogP contribution in [0.1, 0.15) is 8.35 Å². The number of nitrogens with one attached hydrogen (secondary N) is 1. The Kier molecular flexibility index (Phi) is 4.49. The summed E-state index contributed by atoms with van der Waals surface area (Å²) < 4.78 is 0. The number of phenolic OH excluding ortho intramolecular Hbond substituents is 1. The largest absolute Gasteiger partial charge is 1.00 e. The quantitative estimate of drug-likeness (QED) is 0.385. The van der Waals surface area contributed by atoms with Crippen LogP contribution < -0.4 is 24.2 Å². The Labute approximate surface area is 84.4 Å². The third-order valence-electron chi connectivity index (χ3n) is 1.19. The average Bonchev–Trinajstić information content (AvgIpc) is 1.93. The Morgan fingerprint density at radius 1 is 1.42 bits per heavy atom. The van der Waals surface area contributed by atoms with Crippen molar-refractivity contribution >= 4 is 11.6 Å². The van der Waals surface area contributed by atoms with Crippen LogP contribution >= 0.6 is 0 Å². The minimum atomic E-state index is -0.115. The van der Waals surface area contributed by atoms with Crippen LogP contribution in [0.4, 0.5) is 5.69 Å². The molecule has 0 aliphatic carbocycles. The molecule has 1 aromatic carbocycles. The number of benzene rings is 1. The number of anilines is 1. The molecule has 0 saturated carbocycles. The van der Waals surface area contributed by atoms with Crippen molar-refractivity contribution in [3.63, 3.8) is 0 Å². The van der Waals surface area contributed by atoms with Crippen LogP contribution in [0.3, 0.4) is 0 Å². The van der Waals surface area contributed by atoms with Gasteiger partial charge in [0.1, 0.15) is 5.75 Å². The third-order valence-corrected chi connectivity index (χ3v) is 1.19. The summed E-state index contributed by atoms with van der Waals surface area (Å²) in [6, 6.07) is 6.31. The second-order valence-electron chi connectivity index (χ2n) is 2.23. The van der Waals surface area contributed by atoms with Crippen molar-refractivity contribution in [3.8, 4) is 5.75 Å². The molecular weight excluding hydrogens is 149 g/mol. The van der Waals surface area contributed by atoms with Crippen molar-refractivity contribution in [3.05, 3.63) is 24.3 Å². The van der Waals surface area contributed by atoms with Gasteiger partial charge in [-0.15, -0.1) is 0 Å². The SMILES string of the molecule is CC(=O)Nc1ccc(O)cc1.[H-].[Li+]. The van der Waals surface area contributed by atoms with Crippen molar-refractivity contribution in [2.45, 2.75) is 6.92 Å². The van der Waals surface area contributed by atoms with Crippen molar-refractivity contribution in [2.75, 3.05) is 5.32 Å². The monoisotopic (exact) mass is 159 g/mol. The van der Waals surface area contributed by atoms with Gasteiger partial charge in [-0.3, -0.25) is 4.79 Å². The van der Waals surface area contributed by atoms with Crippen molar-refractivity contribution in [2.24, 2.45) is 0 Å². The summed E-state index contributed by atoms with van der Waals surface area (Å²) in [6.45, 7) is 1.44. The number of carbonyl (C=O) groups is 1. The van der Waals surface area contributed by atoms with Crippen LogP contribution in [0.2, 0.25) is 0 Å². The molecule has 0 spiro atoms. The predicted octanol–water partition coefficient (Wildman–Crippen LogP) is -1.53. The van der Waals surface area contributed by atoms with Gasteiger partial charge in [-0.25, -0.2) is 0 Å². The smallest absolute Gasteiger partial charge is 1.00 e. The number of phenols is 1. The Balaban J connectivity index is 0. The van der Waals surface area contributed by atoms with E-state index >= 15 is 0 Å². The van der Waals surface area contributed by atoms with Gasteiger partial charge in [0, 0.05) is 12.6 Å². The van der Waals surface area contributed by atoms with Crippen LogP contribution in [-0.4, -0.2) is 11.0 Å². The molecule has 4 heteroatoms. The van der Waals surface area contributed by atoms with E-state index in [9.17, 15) is 4.79 Å². The Bertz CT molecular complexity index is 263. The first kappa shape index (κ1) is 11.1. The Morgan fingerprint density at radius 2 is 1.92 bits per heavy atom. The molecule has 0 aromatic heterocycles. The first-order chi connectivity index (χ1) is 5.18. The fourth-order valence-electron chi connectivity index (χ4n) is 0.748. The zero-order chi connectivity index (χ0) is 8.27. The summed E-state index contributed by atoms with van der Waals surface area (Å²) in [5.41, 5.74) is 0.690. The van der Waals surface area contributed by atoms with Gasteiger partial charge in [0.2, 0.25) is 5.91 Å². The summed E-state index contributed by atoms with van der Waals surface area (Å²) in [7, 11) is 0. The molecule has 0 radical (unpaired) electrons. The second kappa shape index (κ2) is 4.86. The minimum Gasteiger partial charge on any atom is -1.00 e. The molecule has 0 unspecified atom stereocenters. The molecule has 1 amide bonds. The van der Waals surface area contributed by atoms with Gasteiger partial charge in [-0.2, -0.15) is 0 Å². The van der Waals surface area contributed by atoms with Gasteiger partial charge >= 0.3 is 18.9 Å². The summed E-state index contributed by atoms with van der Waals surface area (Å²) in [4.78, 5) is 10.5. The van der Waals surface area contributed by atoms with E-state index in [1.54, 1.807) is 12.1 Å². The normalized spacial score (nSPS) is 8.42. The Hall–Kier alpha value is -0.913. The standard InChI is InChI=1S/C8H9NO2.Li.H/c1-6(10)9-7-2-4-8(11)5-3-7;;/h2-5,11H,1H3,(H,9,10);;/q;+1;-1. The average molecular weight is 159 g/mol. The molecule has 0 aliphatic rings. The summed E-state index contributed by atoms with van der Waals surface area (Å²) in [6.07, 6.45) is 0. The van der Waals surface area contributed by atoms with Crippen LogP contribution in [-0.2, 0) is 4.79 Å². The molecule has 12 heavy (non-hydrogen) atoms. The number of hydrogen-bond donors (Lipinski definition) is 2. The number of amides is 1. The minimum absolute atomic E-state index is 0. The fourth-order valence-corrected chi connectivity index (χ4v) is 0.748. The zero-order valence-corrected chi connectivity index (χ0v) is 7.16. The fraction of sp³-hybridized carbons (Fsp3) is 0.125. The topological polar surface area (TPSA) is 49.3 Å². The Morgan fingerprint density at radius 3 is 2.33 bits per heavy atom. The van der Waals surface area contributed by atoms with Gasteiger partial charge in [0.25, 0.3) is 0 Å². The molecule has 0 heterocycles. The molecule has 2 N–H and O–H groups in total. The van der Waals surface area contributed by atoms with Gasteiger partial charge in [-0.1, -0.05) is 0 Å². The molecule has 0 bridgehead atoms. The van der Waals surface area contributed by atoms with Crippen molar-refractivity contribution in [1.82, 2.24) is 0 Å². The molecule has 0 aliphatic heterocycles. The molecule has 0 atom stereocenters. The summed E-state index contributed by atoms with van der Waals surface area (Å²) >= 11 is 0. The number of carbonyl (C=O) groups excluding carboxylic acids is 1. The van der Waals surface area contributed by atoms with Crippen LogP contribution in [0, 0.1) is 0 Å². The summed E-state index contributed by atoms with van der Waals surface area (Å²) in [5.74, 6) is 0.0785. The van der Waals surface area contributed by atoms with E-state index in [-0.39, 0.29) is 31.9 Å². The number of hydrogen-bond acceptors (Lipinski definition) is 2. The molecule has 0 fully saturated rings. The van der Waals surface area contributed by atoms with E-state index in [1.807, 2.05) is 0 Å². The summed E-state index contributed by atoms with van der Waals surface area (Å²) in [5, 5.41) is 11.5. The van der Waals surface area contributed by atoms with Gasteiger partial charge in [-0.05, 0) is 24.3 Å². The number of rotatable bonds is 1. The van der Waals surface area contributed by atoms with E-state index in [4.69, 9.17) is 5.11 Å². The van der Waals surface area contributed by atoms with E-state index in [1.165, 1.54) is 19.1 Å². The van der Waals surface area contributed by atoms with Gasteiger partial charge < -0.3 is 11.8 Å². The van der Waals surface area contributed by atoms with Crippen LogP contribution in [0.5, 0.6) is 5.75 Å². The van der Waals surface area contributed by atoms with Crippen molar-refractivity contribution < 1.29 is 30.2 Å². The number of aromatic hydroxyl groups is 1. The molecule has 1 rings (SSSR count).